The maximum atomic E-state index is 11.9. The molecule has 0 aliphatic rings. The van der Waals surface area contributed by atoms with Gasteiger partial charge in [0.05, 0.1) is 12.2 Å². The first kappa shape index (κ1) is 13.1. The summed E-state index contributed by atoms with van der Waals surface area (Å²) in [6.45, 7) is 2.19. The highest BCUT2D eigenvalue weighted by Crippen LogP contribution is 2.14. The summed E-state index contributed by atoms with van der Waals surface area (Å²) in [4.78, 5) is 15.9. The van der Waals surface area contributed by atoms with Gasteiger partial charge in [-0.2, -0.15) is 0 Å². The minimum atomic E-state index is -0.339. The molecule has 0 aliphatic carbocycles. The third-order valence-corrected chi connectivity index (χ3v) is 2.83. The van der Waals surface area contributed by atoms with Crippen LogP contribution >= 0.6 is 0 Å². The van der Waals surface area contributed by atoms with Crippen LogP contribution in [0.5, 0.6) is 0 Å². The number of anilines is 1. The Morgan fingerprint density at radius 1 is 1.37 bits per heavy atom. The molecular weight excluding hydrogens is 240 g/mol. The number of carbonyl (C=O) groups excluding carboxylic acids is 1. The Morgan fingerprint density at radius 2 is 2.21 bits per heavy atom. The van der Waals surface area contributed by atoms with Gasteiger partial charge >= 0.3 is 5.97 Å². The highest BCUT2D eigenvalue weighted by molar-refractivity contribution is 5.92. The van der Waals surface area contributed by atoms with Gasteiger partial charge in [-0.05, 0) is 36.2 Å². The van der Waals surface area contributed by atoms with Crippen molar-refractivity contribution in [2.45, 2.75) is 13.3 Å². The van der Waals surface area contributed by atoms with Crippen LogP contribution in [0.25, 0.3) is 0 Å². The van der Waals surface area contributed by atoms with Crippen LogP contribution < -0.4 is 5.73 Å². The van der Waals surface area contributed by atoms with Crippen molar-refractivity contribution in [1.29, 1.82) is 0 Å². The third kappa shape index (κ3) is 3.55. The minimum Gasteiger partial charge on any atom is -0.462 e. The smallest absolute Gasteiger partial charge is 0.338 e. The van der Waals surface area contributed by atoms with Crippen LogP contribution in [-0.2, 0) is 11.2 Å². The van der Waals surface area contributed by atoms with E-state index in [1.807, 2.05) is 25.1 Å². The molecule has 0 saturated heterocycles. The molecule has 0 bridgehead atoms. The molecule has 1 aromatic carbocycles. The number of carbonyl (C=O) groups is 1. The first-order chi connectivity index (χ1) is 9.16. The maximum absolute atomic E-state index is 11.9. The fourth-order valence-electron chi connectivity index (χ4n) is 1.74. The molecule has 0 atom stereocenters. The highest BCUT2D eigenvalue weighted by atomic mass is 16.5. The molecule has 2 rings (SSSR count). The Labute approximate surface area is 112 Å². The van der Waals surface area contributed by atoms with Crippen LogP contribution in [0.15, 0.2) is 42.7 Å². The van der Waals surface area contributed by atoms with Crippen molar-refractivity contribution in [3.63, 3.8) is 0 Å². The van der Waals surface area contributed by atoms with Gasteiger partial charge in [0.1, 0.15) is 0 Å². The molecule has 1 aromatic heterocycles. The average Bonchev–Trinajstić information content (AvgIpc) is 2.42. The van der Waals surface area contributed by atoms with E-state index in [9.17, 15) is 4.79 Å². The molecule has 0 spiro atoms. The molecule has 0 amide bonds. The van der Waals surface area contributed by atoms with Crippen molar-refractivity contribution >= 4 is 11.7 Å². The number of nitrogen functional groups attached to an aromatic ring is 1. The Balaban J connectivity index is 1.93. The summed E-state index contributed by atoms with van der Waals surface area (Å²) in [6.07, 6.45) is 4.13. The second kappa shape index (κ2) is 6.00. The summed E-state index contributed by atoms with van der Waals surface area (Å²) >= 11 is 0. The topological polar surface area (TPSA) is 65.2 Å². The van der Waals surface area contributed by atoms with Crippen LogP contribution in [0.1, 0.15) is 21.5 Å². The number of benzene rings is 1. The standard InChI is InChI=1S/C15H16N2O2/c1-11-4-5-13(16)9-14(11)15(18)19-8-6-12-3-2-7-17-10-12/h2-5,7,9-10H,6,8,16H2,1H3. The van der Waals surface area contributed by atoms with Gasteiger partial charge in [-0.3, -0.25) is 4.98 Å². The van der Waals surface area contributed by atoms with E-state index >= 15 is 0 Å². The maximum Gasteiger partial charge on any atom is 0.338 e. The van der Waals surface area contributed by atoms with Crippen LogP contribution in [0.3, 0.4) is 0 Å². The van der Waals surface area contributed by atoms with E-state index in [1.165, 1.54) is 0 Å². The lowest BCUT2D eigenvalue weighted by atomic mass is 10.1. The van der Waals surface area contributed by atoms with Crippen LogP contribution in [0.2, 0.25) is 0 Å². The monoisotopic (exact) mass is 256 g/mol. The number of aryl methyl sites for hydroxylation is 1. The Kier molecular flexibility index (Phi) is 4.13. The lowest BCUT2D eigenvalue weighted by Gasteiger charge is -2.07. The Hall–Kier alpha value is -2.36. The molecule has 0 unspecified atom stereocenters. The van der Waals surface area contributed by atoms with Gasteiger partial charge in [-0.25, -0.2) is 4.79 Å². The van der Waals surface area contributed by atoms with Crippen LogP contribution in [-0.4, -0.2) is 17.6 Å². The van der Waals surface area contributed by atoms with E-state index in [2.05, 4.69) is 4.98 Å². The van der Waals surface area contributed by atoms with E-state index in [4.69, 9.17) is 10.5 Å². The SMILES string of the molecule is Cc1ccc(N)cc1C(=O)OCCc1cccnc1. The molecule has 2 aromatic rings. The highest BCUT2D eigenvalue weighted by Gasteiger charge is 2.10. The van der Waals surface area contributed by atoms with Crippen molar-refractivity contribution < 1.29 is 9.53 Å². The van der Waals surface area contributed by atoms with E-state index in [0.717, 1.165) is 11.1 Å². The molecular formula is C15H16N2O2. The molecule has 0 saturated carbocycles. The van der Waals surface area contributed by atoms with Gasteiger partial charge in [0.25, 0.3) is 0 Å². The van der Waals surface area contributed by atoms with E-state index in [0.29, 0.717) is 24.3 Å². The summed E-state index contributed by atoms with van der Waals surface area (Å²) in [6, 6.07) is 9.03. The number of pyridine rings is 1. The zero-order valence-corrected chi connectivity index (χ0v) is 10.8. The number of hydrogen-bond acceptors (Lipinski definition) is 4. The fraction of sp³-hybridized carbons (Fsp3) is 0.200. The number of rotatable bonds is 4. The van der Waals surface area contributed by atoms with Crippen LogP contribution in [0.4, 0.5) is 5.69 Å². The summed E-state index contributed by atoms with van der Waals surface area (Å²) in [7, 11) is 0. The van der Waals surface area contributed by atoms with Crippen LogP contribution in [0, 0.1) is 6.92 Å². The van der Waals surface area contributed by atoms with Gasteiger partial charge in [0.2, 0.25) is 0 Å². The molecule has 4 heteroatoms. The predicted octanol–water partition coefficient (Wildman–Crippen LogP) is 2.37. The second-order valence-electron chi connectivity index (χ2n) is 4.32. The molecule has 1 heterocycles. The first-order valence-electron chi connectivity index (χ1n) is 6.09. The zero-order valence-electron chi connectivity index (χ0n) is 10.8. The van der Waals surface area contributed by atoms with E-state index < -0.39 is 0 Å². The van der Waals surface area contributed by atoms with Crippen molar-refractivity contribution in [3.05, 3.63) is 59.4 Å². The molecule has 0 fully saturated rings. The third-order valence-electron chi connectivity index (χ3n) is 2.83. The van der Waals surface area contributed by atoms with Gasteiger partial charge in [-0.1, -0.05) is 12.1 Å². The molecule has 19 heavy (non-hydrogen) atoms. The molecule has 98 valence electrons. The lowest BCUT2D eigenvalue weighted by molar-refractivity contribution is 0.0508. The van der Waals surface area contributed by atoms with Gasteiger partial charge in [0, 0.05) is 24.5 Å². The average molecular weight is 256 g/mol. The summed E-state index contributed by atoms with van der Waals surface area (Å²) in [5.74, 6) is -0.339. The summed E-state index contributed by atoms with van der Waals surface area (Å²) < 4.78 is 5.25. The van der Waals surface area contributed by atoms with Gasteiger partial charge in [-0.15, -0.1) is 0 Å². The Bertz CT molecular complexity index is 568. The lowest BCUT2D eigenvalue weighted by Crippen LogP contribution is -2.10. The normalized spacial score (nSPS) is 10.2. The zero-order chi connectivity index (χ0) is 13.7. The summed E-state index contributed by atoms with van der Waals surface area (Å²) in [5, 5.41) is 0. The molecule has 2 N–H and O–H groups in total. The Morgan fingerprint density at radius 3 is 2.95 bits per heavy atom. The number of aromatic nitrogens is 1. The van der Waals surface area contributed by atoms with Crippen molar-refractivity contribution in [3.8, 4) is 0 Å². The first-order valence-corrected chi connectivity index (χ1v) is 6.09. The largest absolute Gasteiger partial charge is 0.462 e. The quantitative estimate of drug-likeness (QED) is 0.673. The van der Waals surface area contributed by atoms with Gasteiger partial charge in [0.15, 0.2) is 0 Å². The van der Waals surface area contributed by atoms with Crippen molar-refractivity contribution in [1.82, 2.24) is 4.98 Å². The van der Waals surface area contributed by atoms with Gasteiger partial charge < -0.3 is 10.5 Å². The van der Waals surface area contributed by atoms with E-state index in [-0.39, 0.29) is 5.97 Å². The number of ether oxygens (including phenoxy) is 1. The molecule has 4 nitrogen and oxygen atoms in total. The number of esters is 1. The number of nitrogens with zero attached hydrogens (tertiary/aromatic N) is 1. The predicted molar refractivity (Wildman–Crippen MR) is 73.8 cm³/mol. The van der Waals surface area contributed by atoms with Crippen molar-refractivity contribution in [2.24, 2.45) is 0 Å². The molecule has 0 radical (unpaired) electrons. The summed E-state index contributed by atoms with van der Waals surface area (Å²) in [5.41, 5.74) is 8.65. The number of nitrogens with two attached hydrogens (primary N) is 1. The number of hydrogen-bond donors (Lipinski definition) is 1. The second-order valence-corrected chi connectivity index (χ2v) is 4.32. The van der Waals surface area contributed by atoms with E-state index in [1.54, 1.807) is 24.5 Å². The van der Waals surface area contributed by atoms with Crippen molar-refractivity contribution in [2.75, 3.05) is 12.3 Å². The fourth-order valence-corrected chi connectivity index (χ4v) is 1.74. The molecule has 0 aliphatic heterocycles. The minimum absolute atomic E-state index is 0.332.